The Labute approximate surface area is 159 Å². The lowest BCUT2D eigenvalue weighted by Gasteiger charge is -2.09. The Morgan fingerprint density at radius 1 is 1.11 bits per heavy atom. The van der Waals surface area contributed by atoms with E-state index in [1.165, 1.54) is 0 Å². The highest BCUT2D eigenvalue weighted by molar-refractivity contribution is 7.13. The first-order valence-corrected chi connectivity index (χ1v) is 9.29. The number of hydrogen-bond donors (Lipinski definition) is 1. The molecule has 134 valence electrons. The molecule has 1 N–H and O–H groups in total. The number of rotatable bonds is 6. The van der Waals surface area contributed by atoms with E-state index in [1.807, 2.05) is 53.9 Å². The second-order valence-corrected chi connectivity index (χ2v) is 6.86. The summed E-state index contributed by atoms with van der Waals surface area (Å²) >= 11 is 1.56. The summed E-state index contributed by atoms with van der Waals surface area (Å²) in [4.78, 5) is 21.8. The highest BCUT2D eigenvalue weighted by Crippen LogP contribution is 2.23. The number of pyridine rings is 1. The van der Waals surface area contributed by atoms with Crippen LogP contribution in [0.25, 0.3) is 10.7 Å². The van der Waals surface area contributed by atoms with E-state index < -0.39 is 0 Å². The molecule has 4 rings (SSSR count). The summed E-state index contributed by atoms with van der Waals surface area (Å²) in [6.45, 7) is 0. The fourth-order valence-corrected chi connectivity index (χ4v) is 3.32. The van der Waals surface area contributed by atoms with Gasteiger partial charge in [-0.3, -0.25) is 9.78 Å². The van der Waals surface area contributed by atoms with Crippen LogP contribution in [0.1, 0.15) is 17.0 Å². The number of nitrogens with one attached hydrogen (secondary N) is 1. The predicted octanol–water partition coefficient (Wildman–Crippen LogP) is 3.97. The van der Waals surface area contributed by atoms with Gasteiger partial charge in [-0.05, 0) is 34.7 Å². The molecule has 0 unspecified atom stereocenters. The molecular weight excluding hydrogens is 360 g/mol. The van der Waals surface area contributed by atoms with Gasteiger partial charge >= 0.3 is 0 Å². The van der Waals surface area contributed by atoms with Crippen molar-refractivity contribution in [1.82, 2.24) is 15.1 Å². The molecule has 0 atom stereocenters. The summed E-state index contributed by atoms with van der Waals surface area (Å²) in [7, 11) is 0. The number of nitrogens with zero attached hydrogens (tertiary/aromatic N) is 3. The molecule has 0 spiro atoms. The van der Waals surface area contributed by atoms with Crippen molar-refractivity contribution < 1.29 is 9.32 Å². The summed E-state index contributed by atoms with van der Waals surface area (Å²) in [6.07, 6.45) is 4.09. The highest BCUT2D eigenvalue weighted by atomic mass is 32.1. The van der Waals surface area contributed by atoms with Gasteiger partial charge in [0.05, 0.1) is 17.7 Å². The lowest BCUT2D eigenvalue weighted by Crippen LogP contribution is -2.15. The van der Waals surface area contributed by atoms with E-state index in [-0.39, 0.29) is 12.3 Å². The van der Waals surface area contributed by atoms with E-state index in [4.69, 9.17) is 4.52 Å². The Morgan fingerprint density at radius 2 is 2.04 bits per heavy atom. The Balaban J connectivity index is 1.47. The van der Waals surface area contributed by atoms with Crippen molar-refractivity contribution in [3.63, 3.8) is 0 Å². The first-order valence-electron chi connectivity index (χ1n) is 8.41. The Bertz CT molecular complexity index is 1030. The van der Waals surface area contributed by atoms with Gasteiger partial charge in [0.2, 0.25) is 17.6 Å². The largest absolute Gasteiger partial charge is 0.339 e. The van der Waals surface area contributed by atoms with Crippen LogP contribution in [0.3, 0.4) is 0 Å². The van der Waals surface area contributed by atoms with E-state index in [0.717, 1.165) is 21.7 Å². The van der Waals surface area contributed by atoms with Crippen molar-refractivity contribution in [2.75, 3.05) is 5.32 Å². The molecule has 27 heavy (non-hydrogen) atoms. The van der Waals surface area contributed by atoms with Crippen molar-refractivity contribution in [3.05, 3.63) is 83.3 Å². The van der Waals surface area contributed by atoms with Gasteiger partial charge in [-0.25, -0.2) is 0 Å². The lowest BCUT2D eigenvalue weighted by molar-refractivity contribution is -0.115. The van der Waals surface area contributed by atoms with E-state index in [2.05, 4.69) is 20.4 Å². The van der Waals surface area contributed by atoms with Gasteiger partial charge in [0.1, 0.15) is 0 Å². The Kier molecular flexibility index (Phi) is 5.02. The molecule has 0 aliphatic heterocycles. The molecule has 3 aromatic heterocycles. The van der Waals surface area contributed by atoms with Crippen molar-refractivity contribution in [2.24, 2.45) is 0 Å². The van der Waals surface area contributed by atoms with Crippen molar-refractivity contribution in [1.29, 1.82) is 0 Å². The van der Waals surface area contributed by atoms with E-state index in [9.17, 15) is 4.79 Å². The number of anilines is 1. The first-order chi connectivity index (χ1) is 13.3. The van der Waals surface area contributed by atoms with Crippen LogP contribution in [0.15, 0.2) is 70.8 Å². The van der Waals surface area contributed by atoms with E-state index >= 15 is 0 Å². The molecule has 6 nitrogen and oxygen atoms in total. The number of hydrogen-bond acceptors (Lipinski definition) is 6. The van der Waals surface area contributed by atoms with Gasteiger partial charge in [0.25, 0.3) is 0 Å². The maximum atomic E-state index is 12.4. The molecule has 4 aromatic rings. The standard InChI is InChI=1S/C20H16N4O2S/c25-18(11-14-5-3-9-21-13-14)22-16-7-2-1-6-15(16)12-19-23-20(24-26-19)17-8-4-10-27-17/h1-10,13H,11-12H2,(H,22,25). The minimum absolute atomic E-state index is 0.0970. The molecule has 3 heterocycles. The summed E-state index contributed by atoms with van der Waals surface area (Å²) in [5.41, 5.74) is 2.52. The van der Waals surface area contributed by atoms with Gasteiger partial charge < -0.3 is 9.84 Å². The van der Waals surface area contributed by atoms with Crippen LogP contribution < -0.4 is 5.32 Å². The third-order valence-electron chi connectivity index (χ3n) is 3.93. The molecule has 0 saturated heterocycles. The smallest absolute Gasteiger partial charge is 0.231 e. The zero-order chi connectivity index (χ0) is 18.5. The van der Waals surface area contributed by atoms with Crippen molar-refractivity contribution >= 4 is 22.9 Å². The van der Waals surface area contributed by atoms with Crippen molar-refractivity contribution in [3.8, 4) is 10.7 Å². The second-order valence-electron chi connectivity index (χ2n) is 5.91. The molecule has 1 aromatic carbocycles. The average Bonchev–Trinajstić information content (AvgIpc) is 3.36. The molecule has 0 aliphatic carbocycles. The number of carbonyl (C=O) groups excluding carboxylic acids is 1. The third-order valence-corrected chi connectivity index (χ3v) is 4.80. The molecule has 0 fully saturated rings. The van der Waals surface area contributed by atoms with Crippen LogP contribution in [-0.2, 0) is 17.6 Å². The fourth-order valence-electron chi connectivity index (χ4n) is 2.67. The minimum Gasteiger partial charge on any atom is -0.339 e. The number of aromatic nitrogens is 3. The van der Waals surface area contributed by atoms with E-state index in [0.29, 0.717) is 18.1 Å². The summed E-state index contributed by atoms with van der Waals surface area (Å²) in [5, 5.41) is 8.96. The monoisotopic (exact) mass is 376 g/mol. The lowest BCUT2D eigenvalue weighted by atomic mass is 10.1. The second kappa shape index (κ2) is 7.92. The molecular formula is C20H16N4O2S. The van der Waals surface area contributed by atoms with Crippen LogP contribution >= 0.6 is 11.3 Å². The van der Waals surface area contributed by atoms with Gasteiger partial charge in [0.15, 0.2) is 0 Å². The van der Waals surface area contributed by atoms with Crippen LogP contribution in [0.5, 0.6) is 0 Å². The number of amides is 1. The predicted molar refractivity (Wildman–Crippen MR) is 103 cm³/mol. The number of para-hydroxylation sites is 1. The number of benzene rings is 1. The third kappa shape index (κ3) is 4.27. The molecule has 7 heteroatoms. The van der Waals surface area contributed by atoms with Crippen molar-refractivity contribution in [2.45, 2.75) is 12.8 Å². The summed E-state index contributed by atoms with van der Waals surface area (Å²) < 4.78 is 5.37. The maximum Gasteiger partial charge on any atom is 0.231 e. The van der Waals surface area contributed by atoms with Crippen LogP contribution in [0, 0.1) is 0 Å². The summed E-state index contributed by atoms with van der Waals surface area (Å²) in [5.74, 6) is 0.991. The average molecular weight is 376 g/mol. The van der Waals surface area contributed by atoms with E-state index in [1.54, 1.807) is 23.7 Å². The van der Waals surface area contributed by atoms with Crippen LogP contribution in [-0.4, -0.2) is 21.0 Å². The normalized spacial score (nSPS) is 10.7. The zero-order valence-corrected chi connectivity index (χ0v) is 15.1. The molecule has 0 radical (unpaired) electrons. The topological polar surface area (TPSA) is 80.9 Å². The molecule has 0 bridgehead atoms. The van der Waals surface area contributed by atoms with Crippen LogP contribution in [0.4, 0.5) is 5.69 Å². The van der Waals surface area contributed by atoms with Gasteiger partial charge in [0, 0.05) is 18.1 Å². The highest BCUT2D eigenvalue weighted by Gasteiger charge is 2.13. The van der Waals surface area contributed by atoms with Crippen LogP contribution in [0.2, 0.25) is 0 Å². The number of carbonyl (C=O) groups is 1. The maximum absolute atomic E-state index is 12.4. The summed E-state index contributed by atoms with van der Waals surface area (Å²) in [6, 6.07) is 15.2. The van der Waals surface area contributed by atoms with Gasteiger partial charge in [-0.15, -0.1) is 11.3 Å². The molecule has 1 amide bonds. The number of thiophene rings is 1. The minimum atomic E-state index is -0.0970. The van der Waals surface area contributed by atoms with Gasteiger partial charge in [-0.2, -0.15) is 4.98 Å². The Hall–Kier alpha value is -3.32. The van der Waals surface area contributed by atoms with Gasteiger partial charge in [-0.1, -0.05) is 35.5 Å². The first kappa shape index (κ1) is 17.1. The Morgan fingerprint density at radius 3 is 2.85 bits per heavy atom. The SMILES string of the molecule is O=C(Cc1cccnc1)Nc1ccccc1Cc1nc(-c2cccs2)no1. The molecule has 0 saturated carbocycles. The zero-order valence-electron chi connectivity index (χ0n) is 14.3. The molecule has 0 aliphatic rings. The quantitative estimate of drug-likeness (QED) is 0.551. The fraction of sp³-hybridized carbons (Fsp3) is 0.100.